The molecule has 1 aromatic heterocycles. The number of aliphatic imine (C=N–C) groups is 2. The van der Waals surface area contributed by atoms with E-state index in [0.717, 1.165) is 55.7 Å². The second-order valence-electron chi connectivity index (χ2n) is 10.2. The molecule has 1 atom stereocenters. The summed E-state index contributed by atoms with van der Waals surface area (Å²) in [5.41, 5.74) is 9.47. The summed E-state index contributed by atoms with van der Waals surface area (Å²) in [6, 6.07) is 33.2. The Labute approximate surface area is 241 Å². The van der Waals surface area contributed by atoms with Gasteiger partial charge in [-0.25, -0.2) is 14.7 Å². The zero-order chi connectivity index (χ0) is 27.4. The Morgan fingerprint density at radius 3 is 2.38 bits per heavy atom. The molecule has 4 aromatic carbocycles. The second kappa shape index (κ2) is 9.61. The van der Waals surface area contributed by atoms with E-state index in [1.54, 1.807) is 0 Å². The standard InChI is InChI=1S/C33H27BrN6/c1-20-16-17-25(18-21(20)2)35-31-33-37-32-29(22(3)38-40(32)26-12-5-4-6-13-26)30(23-10-9-11-24(34)19-23)39(33)28-15-8-7-14-27(28)36-31/h4-19,30H,1-3H3,(H,35,36). The van der Waals surface area contributed by atoms with Gasteiger partial charge in [0.1, 0.15) is 0 Å². The van der Waals surface area contributed by atoms with E-state index in [9.17, 15) is 0 Å². The smallest absolute Gasteiger partial charge is 0.179 e. The molecule has 2 aliphatic heterocycles. The van der Waals surface area contributed by atoms with E-state index >= 15 is 0 Å². The number of aryl methyl sites for hydroxylation is 3. The molecule has 6 nitrogen and oxygen atoms in total. The lowest BCUT2D eigenvalue weighted by molar-refractivity contribution is 0.815. The van der Waals surface area contributed by atoms with Crippen molar-refractivity contribution in [2.75, 3.05) is 10.2 Å². The molecule has 0 aliphatic carbocycles. The third kappa shape index (κ3) is 4.05. The molecule has 5 aromatic rings. The molecule has 3 heterocycles. The van der Waals surface area contributed by atoms with E-state index in [1.807, 2.05) is 28.9 Å². The van der Waals surface area contributed by atoms with E-state index in [2.05, 4.69) is 120 Å². The SMILES string of the molecule is Cc1ccc(NC2=Nc3ccccc3N3C2=Nc2c(c(C)nn2-c2ccccc2)C3c2cccc(Br)c2)cc1C. The van der Waals surface area contributed by atoms with Gasteiger partial charge in [-0.05, 0) is 86.0 Å². The maximum absolute atomic E-state index is 5.32. The number of fused-ring (bicyclic) bond motifs is 4. The van der Waals surface area contributed by atoms with Crippen LogP contribution in [0.15, 0.2) is 112 Å². The summed E-state index contributed by atoms with van der Waals surface area (Å²) < 4.78 is 2.98. The first-order valence-electron chi connectivity index (χ1n) is 13.3. The average Bonchev–Trinajstić information content (AvgIpc) is 3.30. The van der Waals surface area contributed by atoms with Gasteiger partial charge in [-0.2, -0.15) is 5.10 Å². The van der Waals surface area contributed by atoms with E-state index in [4.69, 9.17) is 15.1 Å². The third-order valence-corrected chi connectivity index (χ3v) is 8.07. The van der Waals surface area contributed by atoms with Crippen molar-refractivity contribution in [2.45, 2.75) is 26.8 Å². The number of aromatic nitrogens is 2. The first-order valence-corrected chi connectivity index (χ1v) is 14.1. The van der Waals surface area contributed by atoms with Crippen molar-refractivity contribution in [3.63, 3.8) is 0 Å². The van der Waals surface area contributed by atoms with Crippen molar-refractivity contribution in [1.29, 1.82) is 0 Å². The van der Waals surface area contributed by atoms with Crippen molar-refractivity contribution >= 4 is 50.5 Å². The quantitative estimate of drug-likeness (QED) is 0.231. The Bertz CT molecular complexity index is 1840. The molecule has 2 aliphatic rings. The van der Waals surface area contributed by atoms with Crippen LogP contribution in [0.1, 0.15) is 34.0 Å². The van der Waals surface area contributed by atoms with Crippen molar-refractivity contribution in [3.05, 3.63) is 129 Å². The fourth-order valence-electron chi connectivity index (χ4n) is 5.49. The lowest BCUT2D eigenvalue weighted by Crippen LogP contribution is -2.46. The topological polar surface area (TPSA) is 57.8 Å². The molecule has 1 N–H and O–H groups in total. The minimum atomic E-state index is -0.161. The Hall–Kier alpha value is -4.49. The van der Waals surface area contributed by atoms with Crippen LogP contribution >= 0.6 is 15.9 Å². The Balaban J connectivity index is 1.50. The highest BCUT2D eigenvalue weighted by Crippen LogP contribution is 2.48. The predicted octanol–water partition coefficient (Wildman–Crippen LogP) is 8.36. The number of hydrogen-bond acceptors (Lipinski definition) is 5. The molecule has 0 bridgehead atoms. The largest absolute Gasteiger partial charge is 0.337 e. The van der Waals surface area contributed by atoms with Gasteiger partial charge in [0.15, 0.2) is 17.5 Å². The van der Waals surface area contributed by atoms with Gasteiger partial charge >= 0.3 is 0 Å². The van der Waals surface area contributed by atoms with E-state index in [0.29, 0.717) is 5.84 Å². The number of rotatable bonds is 3. The van der Waals surface area contributed by atoms with Crippen LogP contribution in [-0.4, -0.2) is 21.5 Å². The maximum Gasteiger partial charge on any atom is 0.179 e. The number of halogens is 1. The fourth-order valence-corrected chi connectivity index (χ4v) is 5.91. The van der Waals surface area contributed by atoms with Crippen molar-refractivity contribution in [3.8, 4) is 5.69 Å². The monoisotopic (exact) mass is 586 g/mol. The lowest BCUT2D eigenvalue weighted by Gasteiger charge is -2.40. The molecule has 0 radical (unpaired) electrons. The van der Waals surface area contributed by atoms with Gasteiger partial charge in [0, 0.05) is 15.7 Å². The number of para-hydroxylation sites is 3. The summed E-state index contributed by atoms with van der Waals surface area (Å²) in [5.74, 6) is 2.27. The molecule has 7 rings (SSSR count). The number of benzene rings is 4. The van der Waals surface area contributed by atoms with Gasteiger partial charge in [0.2, 0.25) is 0 Å². The molecule has 7 heteroatoms. The first kappa shape index (κ1) is 24.5. The van der Waals surface area contributed by atoms with Crippen LogP contribution in [0.4, 0.5) is 22.9 Å². The van der Waals surface area contributed by atoms with E-state index < -0.39 is 0 Å². The zero-order valence-corrected chi connectivity index (χ0v) is 24.0. The molecule has 0 spiro atoms. The second-order valence-corrected chi connectivity index (χ2v) is 11.1. The molecular weight excluding hydrogens is 560 g/mol. The Morgan fingerprint density at radius 1 is 0.775 bits per heavy atom. The van der Waals surface area contributed by atoms with Crippen LogP contribution in [0.25, 0.3) is 5.69 Å². The van der Waals surface area contributed by atoms with Gasteiger partial charge < -0.3 is 10.2 Å². The van der Waals surface area contributed by atoms with Crippen LogP contribution < -0.4 is 10.2 Å². The highest BCUT2D eigenvalue weighted by molar-refractivity contribution is 9.10. The maximum atomic E-state index is 5.32. The van der Waals surface area contributed by atoms with E-state index in [-0.39, 0.29) is 6.04 Å². The van der Waals surface area contributed by atoms with Crippen molar-refractivity contribution in [1.82, 2.24) is 9.78 Å². The summed E-state index contributed by atoms with van der Waals surface area (Å²) in [5, 5.41) is 8.62. The van der Waals surface area contributed by atoms with Gasteiger partial charge in [-0.15, -0.1) is 0 Å². The number of anilines is 2. The third-order valence-electron chi connectivity index (χ3n) is 7.57. The number of hydrogen-bond donors (Lipinski definition) is 1. The summed E-state index contributed by atoms with van der Waals surface area (Å²) in [4.78, 5) is 12.7. The fraction of sp³-hybridized carbons (Fsp3) is 0.121. The molecule has 1 unspecified atom stereocenters. The van der Waals surface area contributed by atoms with Crippen molar-refractivity contribution < 1.29 is 0 Å². The van der Waals surface area contributed by atoms with Gasteiger partial charge in [0.25, 0.3) is 0 Å². The normalized spacial score (nSPS) is 15.5. The van der Waals surface area contributed by atoms with Crippen LogP contribution in [0.5, 0.6) is 0 Å². The van der Waals surface area contributed by atoms with Gasteiger partial charge in [0.05, 0.1) is 28.8 Å². The van der Waals surface area contributed by atoms with Crippen LogP contribution in [-0.2, 0) is 0 Å². The zero-order valence-electron chi connectivity index (χ0n) is 22.4. The summed E-state index contributed by atoms with van der Waals surface area (Å²) >= 11 is 3.71. The molecular formula is C33H27BrN6. The van der Waals surface area contributed by atoms with Crippen LogP contribution in [0.3, 0.4) is 0 Å². The molecule has 0 saturated heterocycles. The number of amidine groups is 2. The van der Waals surface area contributed by atoms with Crippen molar-refractivity contribution in [2.24, 2.45) is 9.98 Å². The Kier molecular flexibility index (Phi) is 5.90. The summed E-state index contributed by atoms with van der Waals surface area (Å²) in [6.45, 7) is 6.32. The van der Waals surface area contributed by atoms with Gasteiger partial charge in [-0.3, -0.25) is 0 Å². The Morgan fingerprint density at radius 2 is 1.57 bits per heavy atom. The van der Waals surface area contributed by atoms with Gasteiger partial charge in [-0.1, -0.05) is 64.5 Å². The number of nitrogens with zero attached hydrogens (tertiary/aromatic N) is 5. The molecule has 196 valence electrons. The molecule has 0 fully saturated rings. The lowest BCUT2D eigenvalue weighted by atomic mass is 9.93. The van der Waals surface area contributed by atoms with E-state index in [1.165, 1.54) is 11.1 Å². The molecule has 0 saturated carbocycles. The molecule has 40 heavy (non-hydrogen) atoms. The summed E-state index contributed by atoms with van der Waals surface area (Å²) in [6.07, 6.45) is 0. The minimum absolute atomic E-state index is 0.161. The minimum Gasteiger partial charge on any atom is -0.337 e. The average molecular weight is 588 g/mol. The van der Waals surface area contributed by atoms with Crippen LogP contribution in [0.2, 0.25) is 0 Å². The summed E-state index contributed by atoms with van der Waals surface area (Å²) in [7, 11) is 0. The predicted molar refractivity (Wildman–Crippen MR) is 167 cm³/mol. The first-order chi connectivity index (χ1) is 19.5. The number of nitrogens with one attached hydrogen (secondary N) is 1. The van der Waals surface area contributed by atoms with Crippen LogP contribution in [0, 0.1) is 20.8 Å². The molecule has 0 amide bonds. The highest BCUT2D eigenvalue weighted by atomic mass is 79.9. The highest BCUT2D eigenvalue weighted by Gasteiger charge is 2.41.